The van der Waals surface area contributed by atoms with Gasteiger partial charge in [-0.3, -0.25) is 4.18 Å². The molecule has 0 bridgehead atoms. The summed E-state index contributed by atoms with van der Waals surface area (Å²) in [5.74, 6) is 0. The summed E-state index contributed by atoms with van der Waals surface area (Å²) in [5.41, 5.74) is 0.700. The molecule has 6 heteroatoms. The van der Waals surface area contributed by atoms with Crippen molar-refractivity contribution in [3.63, 3.8) is 0 Å². The molecule has 23 heavy (non-hydrogen) atoms. The second-order valence-electron chi connectivity index (χ2n) is 6.00. The average Bonchev–Trinajstić information content (AvgIpc) is 2.53. The van der Waals surface area contributed by atoms with Crippen LogP contribution in [-0.4, -0.2) is 29.4 Å². The molecule has 0 aliphatic heterocycles. The fourth-order valence-corrected chi connectivity index (χ4v) is 6.83. The summed E-state index contributed by atoms with van der Waals surface area (Å²) in [6, 6.07) is 10.1. The zero-order valence-corrected chi connectivity index (χ0v) is 16.8. The van der Waals surface area contributed by atoms with Crippen molar-refractivity contribution in [2.75, 3.05) is 6.61 Å². The van der Waals surface area contributed by atoms with Gasteiger partial charge in [0.05, 0.1) is 11.5 Å². The van der Waals surface area contributed by atoms with Crippen LogP contribution in [0.2, 0.25) is 18.1 Å². The van der Waals surface area contributed by atoms with Gasteiger partial charge in [0.2, 0.25) is 0 Å². The molecule has 0 aromatic heterocycles. The standard InChI is InChI=1S/C17H30O4SSi/c1-6-23(7-2,8-3)21-16(5)13-14-20-22(18,19)17-12-10-9-11-15(17)4/h9-12,16H,6-8,13-14H2,1-5H3. The van der Waals surface area contributed by atoms with Crippen LogP contribution in [0.15, 0.2) is 29.2 Å². The lowest BCUT2D eigenvalue weighted by molar-refractivity contribution is 0.167. The van der Waals surface area contributed by atoms with E-state index in [1.807, 2.05) is 13.0 Å². The van der Waals surface area contributed by atoms with E-state index in [9.17, 15) is 8.42 Å². The van der Waals surface area contributed by atoms with E-state index >= 15 is 0 Å². The number of hydrogen-bond acceptors (Lipinski definition) is 4. The van der Waals surface area contributed by atoms with E-state index < -0.39 is 18.4 Å². The largest absolute Gasteiger partial charge is 0.414 e. The molecular formula is C17H30O4SSi. The maximum absolute atomic E-state index is 12.2. The van der Waals surface area contributed by atoms with Gasteiger partial charge >= 0.3 is 0 Å². The molecule has 0 spiro atoms. The Morgan fingerprint density at radius 2 is 1.65 bits per heavy atom. The third-order valence-corrected chi connectivity index (χ3v) is 10.8. The van der Waals surface area contributed by atoms with Crippen LogP contribution in [0.3, 0.4) is 0 Å². The Morgan fingerprint density at radius 3 is 2.17 bits per heavy atom. The van der Waals surface area contributed by atoms with Gasteiger partial charge in [-0.2, -0.15) is 8.42 Å². The monoisotopic (exact) mass is 358 g/mol. The highest BCUT2D eigenvalue weighted by Crippen LogP contribution is 2.24. The van der Waals surface area contributed by atoms with Gasteiger partial charge in [-0.15, -0.1) is 0 Å². The summed E-state index contributed by atoms with van der Waals surface area (Å²) in [6.45, 7) is 10.5. The molecule has 0 N–H and O–H groups in total. The molecule has 1 atom stereocenters. The molecule has 0 heterocycles. The molecule has 1 aromatic carbocycles. The van der Waals surface area contributed by atoms with E-state index in [1.54, 1.807) is 25.1 Å². The molecule has 0 fully saturated rings. The normalized spacial score (nSPS) is 14.0. The molecule has 0 amide bonds. The molecule has 1 unspecified atom stereocenters. The number of aryl methyl sites for hydroxylation is 1. The topological polar surface area (TPSA) is 52.6 Å². The number of rotatable bonds is 10. The van der Waals surface area contributed by atoms with Crippen molar-refractivity contribution < 1.29 is 17.0 Å². The Labute approximate surface area is 142 Å². The smallest absolute Gasteiger partial charge is 0.297 e. The fraction of sp³-hybridized carbons (Fsp3) is 0.647. The highest BCUT2D eigenvalue weighted by Gasteiger charge is 2.30. The molecule has 0 aliphatic rings. The molecule has 0 radical (unpaired) electrons. The van der Waals surface area contributed by atoms with Crippen molar-refractivity contribution in [2.24, 2.45) is 0 Å². The highest BCUT2D eigenvalue weighted by molar-refractivity contribution is 7.86. The van der Waals surface area contributed by atoms with Gasteiger partial charge in [-0.1, -0.05) is 39.0 Å². The van der Waals surface area contributed by atoms with E-state index in [1.165, 1.54) is 0 Å². The van der Waals surface area contributed by atoms with Crippen LogP contribution in [0, 0.1) is 6.92 Å². The van der Waals surface area contributed by atoms with Crippen LogP contribution in [0.25, 0.3) is 0 Å². The quantitative estimate of drug-likeness (QED) is 0.456. The lowest BCUT2D eigenvalue weighted by Gasteiger charge is -2.31. The third-order valence-electron chi connectivity index (χ3n) is 4.51. The van der Waals surface area contributed by atoms with Crippen molar-refractivity contribution in [3.05, 3.63) is 29.8 Å². The Bertz CT molecular complexity index is 574. The third kappa shape index (κ3) is 5.71. The average molecular weight is 359 g/mol. The second kappa shape index (κ2) is 8.96. The lowest BCUT2D eigenvalue weighted by atomic mass is 10.2. The highest BCUT2D eigenvalue weighted by atomic mass is 32.2. The first-order valence-corrected chi connectivity index (χ1v) is 12.4. The van der Waals surface area contributed by atoms with Crippen molar-refractivity contribution >= 4 is 18.4 Å². The molecular weight excluding hydrogens is 328 g/mol. The predicted octanol–water partition coefficient (Wildman–Crippen LogP) is 4.50. The van der Waals surface area contributed by atoms with Crippen molar-refractivity contribution in [2.45, 2.75) is 70.2 Å². The van der Waals surface area contributed by atoms with Crippen molar-refractivity contribution in [1.82, 2.24) is 0 Å². The van der Waals surface area contributed by atoms with Crippen LogP contribution in [-0.2, 0) is 18.7 Å². The summed E-state index contributed by atoms with van der Waals surface area (Å²) < 4.78 is 36.0. The minimum Gasteiger partial charge on any atom is -0.414 e. The van der Waals surface area contributed by atoms with E-state index in [0.29, 0.717) is 12.0 Å². The fourth-order valence-electron chi connectivity index (χ4n) is 2.71. The van der Waals surface area contributed by atoms with Gasteiger partial charge in [-0.25, -0.2) is 0 Å². The lowest BCUT2D eigenvalue weighted by Crippen LogP contribution is -2.39. The van der Waals surface area contributed by atoms with Gasteiger partial charge in [0.1, 0.15) is 0 Å². The Kier molecular flexibility index (Phi) is 7.93. The van der Waals surface area contributed by atoms with Crippen LogP contribution < -0.4 is 0 Å². The molecule has 4 nitrogen and oxygen atoms in total. The van der Waals surface area contributed by atoms with Crippen molar-refractivity contribution in [3.8, 4) is 0 Å². The van der Waals surface area contributed by atoms with Crippen LogP contribution in [0.4, 0.5) is 0 Å². The van der Waals surface area contributed by atoms with Crippen LogP contribution in [0.5, 0.6) is 0 Å². The Morgan fingerprint density at radius 1 is 1.09 bits per heavy atom. The maximum Gasteiger partial charge on any atom is 0.297 e. The molecule has 1 rings (SSSR count). The van der Waals surface area contributed by atoms with Gasteiger partial charge in [0.15, 0.2) is 8.32 Å². The summed E-state index contributed by atoms with van der Waals surface area (Å²) in [7, 11) is -5.35. The zero-order valence-electron chi connectivity index (χ0n) is 15.0. The molecule has 0 saturated heterocycles. The van der Waals surface area contributed by atoms with Gasteiger partial charge in [0.25, 0.3) is 10.1 Å². The first-order valence-electron chi connectivity index (χ1n) is 8.43. The molecule has 0 saturated carbocycles. The van der Waals surface area contributed by atoms with E-state index in [-0.39, 0.29) is 17.6 Å². The summed E-state index contributed by atoms with van der Waals surface area (Å²) >= 11 is 0. The minimum absolute atomic E-state index is 0.0218. The van der Waals surface area contributed by atoms with Crippen LogP contribution >= 0.6 is 0 Å². The van der Waals surface area contributed by atoms with E-state index in [2.05, 4.69) is 20.8 Å². The second-order valence-corrected chi connectivity index (χ2v) is 12.3. The minimum atomic E-state index is -3.69. The van der Waals surface area contributed by atoms with Crippen LogP contribution in [0.1, 0.15) is 39.7 Å². The van der Waals surface area contributed by atoms with E-state index in [4.69, 9.17) is 8.61 Å². The predicted molar refractivity (Wildman–Crippen MR) is 96.7 cm³/mol. The summed E-state index contributed by atoms with van der Waals surface area (Å²) in [6.07, 6.45) is 0.605. The first kappa shape index (κ1) is 20.4. The van der Waals surface area contributed by atoms with Gasteiger partial charge in [0, 0.05) is 6.10 Å². The summed E-state index contributed by atoms with van der Waals surface area (Å²) in [4.78, 5) is 0.243. The molecule has 132 valence electrons. The number of benzene rings is 1. The molecule has 0 aliphatic carbocycles. The Balaban J connectivity index is 2.58. The van der Waals surface area contributed by atoms with Crippen molar-refractivity contribution in [1.29, 1.82) is 0 Å². The van der Waals surface area contributed by atoms with Gasteiger partial charge < -0.3 is 4.43 Å². The zero-order chi connectivity index (χ0) is 17.5. The van der Waals surface area contributed by atoms with Gasteiger partial charge in [-0.05, 0) is 50.0 Å². The van der Waals surface area contributed by atoms with E-state index in [0.717, 1.165) is 18.1 Å². The maximum atomic E-state index is 12.2. The SMILES string of the molecule is CC[Si](CC)(CC)OC(C)CCOS(=O)(=O)c1ccccc1C. The molecule has 1 aromatic rings. The first-order chi connectivity index (χ1) is 10.8. The number of hydrogen-bond donors (Lipinski definition) is 0. The Hall–Kier alpha value is -0.693. The summed E-state index contributed by atoms with van der Waals surface area (Å²) in [5, 5.41) is 0.